The molecule has 0 spiro atoms. The van der Waals surface area contributed by atoms with Gasteiger partial charge in [-0.3, -0.25) is 15.5 Å². The molecule has 0 unspecified atom stereocenters. The van der Waals surface area contributed by atoms with Gasteiger partial charge in [0, 0.05) is 34.8 Å². The Morgan fingerprint density at radius 2 is 2.27 bits per heavy atom. The predicted molar refractivity (Wildman–Crippen MR) is 56.0 cm³/mol. The van der Waals surface area contributed by atoms with E-state index in [4.69, 9.17) is 11.1 Å². The van der Waals surface area contributed by atoms with Crippen LogP contribution < -0.4 is 5.73 Å². The molecular weight excluding hydrogens is 196 g/mol. The van der Waals surface area contributed by atoms with Crippen LogP contribution in [0.15, 0.2) is 24.4 Å². The van der Waals surface area contributed by atoms with Crippen LogP contribution in [-0.2, 0) is 0 Å². The lowest BCUT2D eigenvalue weighted by Crippen LogP contribution is -2.09. The highest BCUT2D eigenvalue weighted by atomic mass is 16.6. The first kappa shape index (κ1) is 9.20. The standard InChI is InChI=1S/C9H8N4O2/c10-9(11)7-4-12-8-2-1-5(13(14)15)3-6(7)8/h1-4,12H,(H3,10,11). The quantitative estimate of drug-likeness (QED) is 0.297. The summed E-state index contributed by atoms with van der Waals surface area (Å²) in [4.78, 5) is 13.0. The number of nitrogens with one attached hydrogen (secondary N) is 2. The third-order valence-corrected chi connectivity index (χ3v) is 2.17. The third-order valence-electron chi connectivity index (χ3n) is 2.17. The van der Waals surface area contributed by atoms with Crippen molar-refractivity contribution in [3.05, 3.63) is 40.1 Å². The van der Waals surface area contributed by atoms with Crippen molar-refractivity contribution in [2.24, 2.45) is 5.73 Å². The van der Waals surface area contributed by atoms with Gasteiger partial charge in [-0.1, -0.05) is 0 Å². The van der Waals surface area contributed by atoms with Gasteiger partial charge in [-0.2, -0.15) is 0 Å². The van der Waals surface area contributed by atoms with Crippen molar-refractivity contribution in [2.75, 3.05) is 0 Å². The van der Waals surface area contributed by atoms with Crippen molar-refractivity contribution < 1.29 is 4.92 Å². The number of nitro benzene ring substituents is 1. The van der Waals surface area contributed by atoms with Crippen LogP contribution in [0, 0.1) is 15.5 Å². The van der Waals surface area contributed by atoms with Crippen LogP contribution in [0.5, 0.6) is 0 Å². The van der Waals surface area contributed by atoms with Crippen LogP contribution >= 0.6 is 0 Å². The number of rotatable bonds is 2. The molecule has 0 fully saturated rings. The summed E-state index contributed by atoms with van der Waals surface area (Å²) in [6.07, 6.45) is 1.57. The van der Waals surface area contributed by atoms with Crippen LogP contribution in [0.4, 0.5) is 5.69 Å². The topological polar surface area (TPSA) is 109 Å². The molecule has 0 radical (unpaired) electrons. The van der Waals surface area contributed by atoms with Crippen molar-refractivity contribution >= 4 is 22.4 Å². The third kappa shape index (κ3) is 1.41. The zero-order chi connectivity index (χ0) is 11.0. The lowest BCUT2D eigenvalue weighted by atomic mass is 10.1. The molecule has 0 aliphatic heterocycles. The molecule has 0 amide bonds. The van der Waals surface area contributed by atoms with E-state index in [9.17, 15) is 10.1 Å². The number of nitrogens with zero attached hydrogens (tertiary/aromatic N) is 1. The smallest absolute Gasteiger partial charge is 0.270 e. The predicted octanol–water partition coefficient (Wildman–Crippen LogP) is 1.36. The van der Waals surface area contributed by atoms with Gasteiger partial charge in [0.2, 0.25) is 0 Å². The van der Waals surface area contributed by atoms with Crippen LogP contribution in [0.3, 0.4) is 0 Å². The highest BCUT2D eigenvalue weighted by molar-refractivity contribution is 6.07. The van der Waals surface area contributed by atoms with E-state index < -0.39 is 4.92 Å². The second kappa shape index (κ2) is 3.09. The molecule has 4 N–H and O–H groups in total. The molecule has 2 aromatic rings. The summed E-state index contributed by atoms with van der Waals surface area (Å²) < 4.78 is 0. The second-order valence-electron chi connectivity index (χ2n) is 3.10. The summed E-state index contributed by atoms with van der Waals surface area (Å²) in [7, 11) is 0. The average molecular weight is 204 g/mol. The largest absolute Gasteiger partial charge is 0.384 e. The number of non-ortho nitro benzene ring substituents is 1. The van der Waals surface area contributed by atoms with Crippen molar-refractivity contribution in [2.45, 2.75) is 0 Å². The first-order valence-electron chi connectivity index (χ1n) is 4.19. The second-order valence-corrected chi connectivity index (χ2v) is 3.10. The van der Waals surface area contributed by atoms with E-state index in [-0.39, 0.29) is 11.5 Å². The maximum absolute atomic E-state index is 10.6. The normalized spacial score (nSPS) is 10.4. The number of amidine groups is 1. The highest BCUT2D eigenvalue weighted by Crippen LogP contribution is 2.23. The molecule has 0 atom stereocenters. The Morgan fingerprint density at radius 3 is 2.87 bits per heavy atom. The van der Waals surface area contributed by atoms with E-state index in [0.717, 1.165) is 5.52 Å². The maximum atomic E-state index is 10.6. The molecule has 6 heteroatoms. The van der Waals surface area contributed by atoms with Gasteiger partial charge in [0.05, 0.1) is 4.92 Å². The number of hydrogen-bond donors (Lipinski definition) is 3. The molecule has 1 aromatic heterocycles. The SMILES string of the molecule is N=C(N)c1c[nH]c2ccc([N+](=O)[O-])cc12. The Morgan fingerprint density at radius 1 is 1.53 bits per heavy atom. The molecule has 2 rings (SSSR count). The summed E-state index contributed by atoms with van der Waals surface area (Å²) >= 11 is 0. The molecule has 0 saturated heterocycles. The highest BCUT2D eigenvalue weighted by Gasteiger charge is 2.11. The number of nitrogen functional groups attached to an aromatic ring is 1. The van der Waals surface area contributed by atoms with E-state index in [1.165, 1.54) is 12.1 Å². The van der Waals surface area contributed by atoms with Crippen molar-refractivity contribution in [1.82, 2.24) is 4.98 Å². The number of H-pyrrole nitrogens is 1. The number of aromatic nitrogens is 1. The number of nitrogens with two attached hydrogens (primary N) is 1. The van der Waals surface area contributed by atoms with Gasteiger partial charge in [-0.25, -0.2) is 0 Å². The number of aromatic amines is 1. The lowest BCUT2D eigenvalue weighted by Gasteiger charge is -1.95. The molecule has 1 aromatic carbocycles. The fourth-order valence-corrected chi connectivity index (χ4v) is 1.45. The molecule has 0 saturated carbocycles. The number of hydrogen-bond acceptors (Lipinski definition) is 3. The molecule has 15 heavy (non-hydrogen) atoms. The molecule has 0 bridgehead atoms. The first-order chi connectivity index (χ1) is 7.09. The molecule has 6 nitrogen and oxygen atoms in total. The molecule has 1 heterocycles. The maximum Gasteiger partial charge on any atom is 0.270 e. The molecule has 0 aliphatic carbocycles. The number of nitro groups is 1. The summed E-state index contributed by atoms with van der Waals surface area (Å²) in [6.45, 7) is 0. The average Bonchev–Trinajstić information content (AvgIpc) is 2.59. The fourth-order valence-electron chi connectivity index (χ4n) is 1.45. The summed E-state index contributed by atoms with van der Waals surface area (Å²) in [6, 6.07) is 4.41. The van der Waals surface area contributed by atoms with E-state index in [0.29, 0.717) is 10.9 Å². The summed E-state index contributed by atoms with van der Waals surface area (Å²) in [5.41, 5.74) is 6.54. The van der Waals surface area contributed by atoms with Crippen LogP contribution in [0.25, 0.3) is 10.9 Å². The summed E-state index contributed by atoms with van der Waals surface area (Å²) in [5, 5.41) is 18.5. The van der Waals surface area contributed by atoms with Crippen molar-refractivity contribution in [3.8, 4) is 0 Å². The number of fused-ring (bicyclic) bond motifs is 1. The Kier molecular flexibility index (Phi) is 1.89. The Labute approximate surface area is 84.4 Å². The Hall–Kier alpha value is -2.37. The minimum Gasteiger partial charge on any atom is -0.384 e. The van der Waals surface area contributed by atoms with Gasteiger partial charge in [-0.05, 0) is 6.07 Å². The van der Waals surface area contributed by atoms with E-state index in [1.807, 2.05) is 0 Å². The van der Waals surface area contributed by atoms with Gasteiger partial charge in [-0.15, -0.1) is 0 Å². The van der Waals surface area contributed by atoms with Gasteiger partial charge in [0.15, 0.2) is 0 Å². The monoisotopic (exact) mass is 204 g/mol. The minimum atomic E-state index is -0.476. The van der Waals surface area contributed by atoms with E-state index >= 15 is 0 Å². The van der Waals surface area contributed by atoms with E-state index in [2.05, 4.69) is 4.98 Å². The van der Waals surface area contributed by atoms with Crippen LogP contribution in [-0.4, -0.2) is 15.7 Å². The zero-order valence-electron chi connectivity index (χ0n) is 7.65. The van der Waals surface area contributed by atoms with Crippen LogP contribution in [0.2, 0.25) is 0 Å². The molecule has 76 valence electrons. The van der Waals surface area contributed by atoms with Crippen LogP contribution in [0.1, 0.15) is 5.56 Å². The molecular formula is C9H8N4O2. The Bertz CT molecular complexity index is 558. The van der Waals surface area contributed by atoms with Gasteiger partial charge in [0.1, 0.15) is 5.84 Å². The van der Waals surface area contributed by atoms with Gasteiger partial charge < -0.3 is 10.7 Å². The minimum absolute atomic E-state index is 0.00963. The summed E-state index contributed by atoms with van der Waals surface area (Å²) in [5.74, 6) is -0.109. The first-order valence-corrected chi connectivity index (χ1v) is 4.19. The van der Waals surface area contributed by atoms with E-state index in [1.54, 1.807) is 12.3 Å². The van der Waals surface area contributed by atoms with Crippen molar-refractivity contribution in [3.63, 3.8) is 0 Å². The van der Waals surface area contributed by atoms with Crippen molar-refractivity contribution in [1.29, 1.82) is 5.41 Å². The Balaban J connectivity index is 2.72. The zero-order valence-corrected chi connectivity index (χ0v) is 7.65. The molecule has 0 aliphatic rings. The van der Waals surface area contributed by atoms with Gasteiger partial charge in [0.25, 0.3) is 5.69 Å². The number of benzene rings is 1. The fraction of sp³-hybridized carbons (Fsp3) is 0. The van der Waals surface area contributed by atoms with Gasteiger partial charge >= 0.3 is 0 Å². The lowest BCUT2D eigenvalue weighted by molar-refractivity contribution is -0.384.